The number of likely N-dealkylation sites (tertiary alicyclic amines) is 1. The molecule has 7 heteroatoms. The number of hydrogen-bond acceptors (Lipinski definition) is 3. The topological polar surface area (TPSA) is 67.7 Å². The van der Waals surface area contributed by atoms with E-state index >= 15 is 0 Å². The lowest BCUT2D eigenvalue weighted by Gasteiger charge is -2.29. The summed E-state index contributed by atoms with van der Waals surface area (Å²) in [7, 11) is -3.42. The Kier molecular flexibility index (Phi) is 7.10. The van der Waals surface area contributed by atoms with E-state index in [4.69, 9.17) is 11.6 Å². The molecule has 0 aliphatic carbocycles. The van der Waals surface area contributed by atoms with Crippen LogP contribution in [0, 0.1) is 0 Å². The van der Waals surface area contributed by atoms with Crippen LogP contribution in [0.25, 0.3) is 0 Å². The molecule has 2 aromatic rings. The van der Waals surface area contributed by atoms with Gasteiger partial charge in [0.1, 0.15) is 6.54 Å². The van der Waals surface area contributed by atoms with Crippen molar-refractivity contribution in [3.05, 3.63) is 65.2 Å². The number of benzene rings is 2. The monoisotopic (exact) mass is 421 g/mol. The third kappa shape index (κ3) is 6.06. The van der Waals surface area contributed by atoms with Gasteiger partial charge in [-0.3, -0.25) is 4.79 Å². The molecule has 0 aromatic heterocycles. The molecule has 1 fully saturated rings. The highest BCUT2D eigenvalue weighted by Gasteiger charge is 2.24. The van der Waals surface area contributed by atoms with Crippen LogP contribution in [0.3, 0.4) is 0 Å². The minimum absolute atomic E-state index is 0.00489. The van der Waals surface area contributed by atoms with Gasteiger partial charge in [-0.2, -0.15) is 0 Å². The molecule has 28 heavy (non-hydrogen) atoms. The number of halogens is 1. The number of carbonyl (C=O) groups excluding carboxylic acids is 1. The van der Waals surface area contributed by atoms with Crippen molar-refractivity contribution in [1.29, 1.82) is 0 Å². The Labute approximate surface area is 171 Å². The molecule has 1 heterocycles. The molecule has 1 amide bonds. The van der Waals surface area contributed by atoms with E-state index < -0.39 is 9.84 Å². The second-order valence-corrected chi connectivity index (χ2v) is 9.82. The molecule has 0 unspecified atom stereocenters. The van der Waals surface area contributed by atoms with Crippen LogP contribution < -0.4 is 10.2 Å². The van der Waals surface area contributed by atoms with Crippen molar-refractivity contribution in [2.75, 3.05) is 18.8 Å². The Morgan fingerprint density at radius 3 is 2.32 bits per heavy atom. The molecule has 2 aromatic carbocycles. The van der Waals surface area contributed by atoms with Gasteiger partial charge in [0.15, 0.2) is 9.84 Å². The molecule has 1 saturated heterocycles. The van der Waals surface area contributed by atoms with Gasteiger partial charge in [0.2, 0.25) is 5.91 Å². The van der Waals surface area contributed by atoms with Crippen LogP contribution in [0.5, 0.6) is 0 Å². The summed E-state index contributed by atoms with van der Waals surface area (Å²) < 4.78 is 24.5. The van der Waals surface area contributed by atoms with Crippen LogP contribution in [0.4, 0.5) is 0 Å². The average Bonchev–Trinajstić information content (AvgIpc) is 2.70. The molecule has 0 radical (unpaired) electrons. The van der Waals surface area contributed by atoms with Gasteiger partial charge >= 0.3 is 0 Å². The summed E-state index contributed by atoms with van der Waals surface area (Å²) in [6, 6.07) is 16.3. The fourth-order valence-electron chi connectivity index (χ4n) is 3.51. The summed E-state index contributed by atoms with van der Waals surface area (Å²) >= 11 is 5.93. The summed E-state index contributed by atoms with van der Waals surface area (Å²) in [6.45, 7) is 2.92. The molecular formula is C21H26ClN2O3S+. The molecule has 1 aliphatic heterocycles. The Bertz CT molecular complexity index is 878. The van der Waals surface area contributed by atoms with Crippen LogP contribution in [-0.2, 0) is 21.2 Å². The lowest BCUT2D eigenvalue weighted by Crippen LogP contribution is -3.12. The molecule has 2 N–H and O–H groups in total. The zero-order valence-corrected chi connectivity index (χ0v) is 17.3. The smallest absolute Gasteiger partial charge is 0.221 e. The number of rotatable bonds is 7. The SMILES string of the molecule is O=C(CCS(=O)(=O)c1ccccc1)NC1CC[NH+](Cc2ccc(Cl)cc2)CC1. The van der Waals surface area contributed by atoms with Crippen molar-refractivity contribution in [3.63, 3.8) is 0 Å². The first-order chi connectivity index (χ1) is 13.4. The quantitative estimate of drug-likeness (QED) is 0.717. The molecule has 150 valence electrons. The fourth-order valence-corrected chi connectivity index (χ4v) is 4.90. The summed E-state index contributed by atoms with van der Waals surface area (Å²) in [6.07, 6.45) is 1.80. The summed E-state index contributed by atoms with van der Waals surface area (Å²) in [5, 5.41) is 3.75. The Morgan fingerprint density at radius 1 is 1.04 bits per heavy atom. The number of piperidine rings is 1. The average molecular weight is 422 g/mol. The van der Waals surface area contributed by atoms with Crippen LogP contribution in [-0.4, -0.2) is 39.2 Å². The van der Waals surface area contributed by atoms with Gasteiger partial charge in [0.25, 0.3) is 0 Å². The molecule has 1 aliphatic rings. The molecular weight excluding hydrogens is 396 g/mol. The highest BCUT2D eigenvalue weighted by Crippen LogP contribution is 2.12. The lowest BCUT2D eigenvalue weighted by atomic mass is 10.0. The van der Waals surface area contributed by atoms with Gasteiger partial charge < -0.3 is 10.2 Å². The van der Waals surface area contributed by atoms with E-state index in [1.54, 1.807) is 30.3 Å². The largest absolute Gasteiger partial charge is 0.353 e. The highest BCUT2D eigenvalue weighted by molar-refractivity contribution is 7.91. The third-order valence-corrected chi connectivity index (χ3v) is 7.11. The van der Waals surface area contributed by atoms with E-state index in [9.17, 15) is 13.2 Å². The molecule has 3 rings (SSSR count). The van der Waals surface area contributed by atoms with E-state index in [2.05, 4.69) is 17.4 Å². The predicted octanol–water partition coefficient (Wildman–Crippen LogP) is 1.87. The van der Waals surface area contributed by atoms with Crippen molar-refractivity contribution >= 4 is 27.3 Å². The van der Waals surface area contributed by atoms with Crippen molar-refractivity contribution in [1.82, 2.24) is 5.32 Å². The normalized spacial score (nSPS) is 19.9. The number of amides is 1. The van der Waals surface area contributed by atoms with Gasteiger partial charge in [0.05, 0.1) is 23.7 Å². The summed E-state index contributed by atoms with van der Waals surface area (Å²) in [5.41, 5.74) is 1.26. The number of quaternary nitrogens is 1. The second kappa shape index (κ2) is 9.54. The van der Waals surface area contributed by atoms with Gasteiger partial charge in [-0.05, 0) is 24.3 Å². The first-order valence-electron chi connectivity index (χ1n) is 9.57. The van der Waals surface area contributed by atoms with E-state index in [0.29, 0.717) is 0 Å². The number of nitrogens with one attached hydrogen (secondary N) is 2. The third-order valence-electron chi connectivity index (χ3n) is 5.13. The highest BCUT2D eigenvalue weighted by atomic mass is 35.5. The Balaban J connectivity index is 1.40. The second-order valence-electron chi connectivity index (χ2n) is 7.28. The molecule has 0 bridgehead atoms. The van der Waals surface area contributed by atoms with Gasteiger partial charge in [-0.15, -0.1) is 0 Å². The van der Waals surface area contributed by atoms with Crippen LogP contribution >= 0.6 is 11.6 Å². The van der Waals surface area contributed by atoms with E-state index in [1.807, 2.05) is 12.1 Å². The van der Waals surface area contributed by atoms with Crippen LogP contribution in [0.15, 0.2) is 59.5 Å². The molecule has 0 saturated carbocycles. The Morgan fingerprint density at radius 2 is 1.68 bits per heavy atom. The maximum absolute atomic E-state index is 12.3. The summed E-state index contributed by atoms with van der Waals surface area (Å²) in [4.78, 5) is 14.0. The first-order valence-corrected chi connectivity index (χ1v) is 11.6. The maximum Gasteiger partial charge on any atom is 0.221 e. The first kappa shape index (κ1) is 20.8. The van der Waals surface area contributed by atoms with Gasteiger partial charge in [-0.1, -0.05) is 41.9 Å². The maximum atomic E-state index is 12.3. The van der Waals surface area contributed by atoms with Crippen LogP contribution in [0.2, 0.25) is 5.02 Å². The minimum atomic E-state index is -3.42. The van der Waals surface area contributed by atoms with Crippen LogP contribution in [0.1, 0.15) is 24.8 Å². The lowest BCUT2D eigenvalue weighted by molar-refractivity contribution is -0.918. The molecule has 5 nitrogen and oxygen atoms in total. The van der Waals surface area contributed by atoms with Crippen molar-refractivity contribution in [2.24, 2.45) is 0 Å². The van der Waals surface area contributed by atoms with Crippen molar-refractivity contribution < 1.29 is 18.1 Å². The van der Waals surface area contributed by atoms with E-state index in [-0.39, 0.29) is 29.0 Å². The van der Waals surface area contributed by atoms with Gasteiger partial charge in [-0.25, -0.2) is 8.42 Å². The van der Waals surface area contributed by atoms with Crippen molar-refractivity contribution in [2.45, 2.75) is 36.7 Å². The number of hydrogen-bond donors (Lipinski definition) is 2. The predicted molar refractivity (Wildman–Crippen MR) is 110 cm³/mol. The molecule has 0 atom stereocenters. The van der Waals surface area contributed by atoms with E-state index in [1.165, 1.54) is 10.5 Å². The standard InChI is InChI=1S/C21H25ClN2O3S/c22-18-8-6-17(7-9-18)16-24-13-10-19(11-14-24)23-21(25)12-15-28(26,27)20-4-2-1-3-5-20/h1-9,19H,10-16H2,(H,23,25)/p+1. The Hall–Kier alpha value is -1.89. The summed E-state index contributed by atoms with van der Waals surface area (Å²) in [5.74, 6) is -0.352. The van der Waals surface area contributed by atoms with E-state index in [0.717, 1.165) is 37.5 Å². The van der Waals surface area contributed by atoms with Crippen molar-refractivity contribution in [3.8, 4) is 0 Å². The molecule has 0 spiro atoms. The zero-order valence-electron chi connectivity index (χ0n) is 15.7. The minimum Gasteiger partial charge on any atom is -0.353 e. The van der Waals surface area contributed by atoms with Gasteiger partial charge in [0, 0.05) is 35.9 Å². The fraction of sp³-hybridized carbons (Fsp3) is 0.381. The number of carbonyl (C=O) groups is 1. The number of sulfone groups is 1. The zero-order chi connectivity index (χ0) is 20.0.